The summed E-state index contributed by atoms with van der Waals surface area (Å²) in [6.07, 6.45) is 0. The smallest absolute Gasteiger partial charge is 0.335 e. The maximum Gasteiger partial charge on any atom is 0.335 e. The van der Waals surface area contributed by atoms with Crippen molar-refractivity contribution in [3.63, 3.8) is 0 Å². The minimum Gasteiger partial charge on any atom is -0.478 e. The van der Waals surface area contributed by atoms with Gasteiger partial charge in [0.15, 0.2) is 0 Å². The fraction of sp³-hybridized carbons (Fsp3) is 0.214. The van der Waals surface area contributed by atoms with Gasteiger partial charge in [-0.2, -0.15) is 0 Å². The van der Waals surface area contributed by atoms with Crippen LogP contribution in [-0.4, -0.2) is 19.5 Å². The summed E-state index contributed by atoms with van der Waals surface area (Å²) >= 11 is 1.53. The molecule has 0 bridgehead atoms. The number of carboxylic acids is 1. The van der Waals surface area contributed by atoms with E-state index in [2.05, 4.69) is 4.72 Å². The summed E-state index contributed by atoms with van der Waals surface area (Å²) in [5.74, 6) is -1.09. The molecule has 0 saturated carbocycles. The number of benzene rings is 1. The van der Waals surface area contributed by atoms with Crippen molar-refractivity contribution < 1.29 is 18.3 Å². The molecule has 0 aliphatic rings. The summed E-state index contributed by atoms with van der Waals surface area (Å²) < 4.78 is 27.1. The SMILES string of the molecule is Cc1ccc(C(C)NS(=O)(=O)c2ccc(C(=O)O)cc2)s1. The van der Waals surface area contributed by atoms with Crippen molar-refractivity contribution in [1.82, 2.24) is 4.72 Å². The van der Waals surface area contributed by atoms with Gasteiger partial charge in [-0.05, 0) is 50.2 Å². The van der Waals surface area contributed by atoms with Crippen LogP contribution in [0.3, 0.4) is 0 Å². The number of hydrogen-bond acceptors (Lipinski definition) is 4. The molecule has 2 aromatic rings. The molecule has 1 heterocycles. The van der Waals surface area contributed by atoms with Crippen molar-refractivity contribution in [2.45, 2.75) is 24.8 Å². The molecule has 5 nitrogen and oxygen atoms in total. The van der Waals surface area contributed by atoms with Gasteiger partial charge in [0.25, 0.3) is 0 Å². The van der Waals surface area contributed by atoms with Gasteiger partial charge in [-0.25, -0.2) is 17.9 Å². The molecule has 0 amide bonds. The number of nitrogens with one attached hydrogen (secondary N) is 1. The Morgan fingerprint density at radius 3 is 2.29 bits per heavy atom. The van der Waals surface area contributed by atoms with E-state index in [9.17, 15) is 13.2 Å². The van der Waals surface area contributed by atoms with Crippen LogP contribution in [0.2, 0.25) is 0 Å². The molecule has 0 saturated heterocycles. The van der Waals surface area contributed by atoms with E-state index in [1.807, 2.05) is 19.1 Å². The summed E-state index contributed by atoms with van der Waals surface area (Å²) in [5.41, 5.74) is 0.0517. The highest BCUT2D eigenvalue weighted by Crippen LogP contribution is 2.24. The Morgan fingerprint density at radius 1 is 1.19 bits per heavy atom. The van der Waals surface area contributed by atoms with Crippen LogP contribution in [0.25, 0.3) is 0 Å². The van der Waals surface area contributed by atoms with Gasteiger partial charge in [0.1, 0.15) is 0 Å². The van der Waals surface area contributed by atoms with Gasteiger partial charge in [0, 0.05) is 9.75 Å². The highest BCUT2D eigenvalue weighted by Gasteiger charge is 2.19. The fourth-order valence-corrected chi connectivity index (χ4v) is 4.00. The first-order valence-electron chi connectivity index (χ1n) is 6.21. The lowest BCUT2D eigenvalue weighted by atomic mass is 10.2. The third-order valence-corrected chi connectivity index (χ3v) is 5.67. The zero-order chi connectivity index (χ0) is 15.6. The Bertz CT molecular complexity index is 748. The second kappa shape index (κ2) is 5.97. The van der Waals surface area contributed by atoms with Crippen LogP contribution in [0.15, 0.2) is 41.3 Å². The Balaban J connectivity index is 2.19. The van der Waals surface area contributed by atoms with Crippen molar-refractivity contribution in [2.24, 2.45) is 0 Å². The third-order valence-electron chi connectivity index (χ3n) is 2.93. The molecule has 0 radical (unpaired) electrons. The molecule has 112 valence electrons. The molecule has 2 rings (SSSR count). The van der Waals surface area contributed by atoms with Crippen molar-refractivity contribution in [3.8, 4) is 0 Å². The van der Waals surface area contributed by atoms with Crippen LogP contribution in [0, 0.1) is 6.92 Å². The maximum absolute atomic E-state index is 12.2. The molecule has 2 N–H and O–H groups in total. The Hall–Kier alpha value is -1.70. The van der Waals surface area contributed by atoms with Crippen molar-refractivity contribution in [3.05, 3.63) is 51.7 Å². The predicted molar refractivity (Wildman–Crippen MR) is 81.2 cm³/mol. The van der Waals surface area contributed by atoms with Crippen molar-refractivity contribution in [1.29, 1.82) is 0 Å². The minimum atomic E-state index is -3.68. The quantitative estimate of drug-likeness (QED) is 0.885. The lowest BCUT2D eigenvalue weighted by Gasteiger charge is -2.13. The van der Waals surface area contributed by atoms with E-state index in [0.29, 0.717) is 0 Å². The van der Waals surface area contributed by atoms with Gasteiger partial charge in [0.05, 0.1) is 16.5 Å². The second-order valence-corrected chi connectivity index (χ2v) is 7.65. The van der Waals surface area contributed by atoms with Crippen LogP contribution in [0.1, 0.15) is 33.1 Å². The van der Waals surface area contributed by atoms with Gasteiger partial charge in [-0.3, -0.25) is 0 Å². The van der Waals surface area contributed by atoms with E-state index >= 15 is 0 Å². The van der Waals surface area contributed by atoms with E-state index in [1.165, 1.54) is 35.6 Å². The number of rotatable bonds is 5. The minimum absolute atomic E-state index is 0.0487. The van der Waals surface area contributed by atoms with Gasteiger partial charge in [-0.15, -0.1) is 11.3 Å². The molecule has 0 spiro atoms. The average molecular weight is 325 g/mol. The molecule has 0 fully saturated rings. The molecule has 1 atom stereocenters. The van der Waals surface area contributed by atoms with E-state index in [4.69, 9.17) is 5.11 Å². The fourth-order valence-electron chi connectivity index (χ4n) is 1.82. The zero-order valence-corrected chi connectivity index (χ0v) is 13.2. The Kier molecular flexibility index (Phi) is 4.46. The molecular weight excluding hydrogens is 310 g/mol. The average Bonchev–Trinajstić information content (AvgIpc) is 2.85. The summed E-state index contributed by atoms with van der Waals surface area (Å²) in [7, 11) is -3.68. The van der Waals surface area contributed by atoms with Gasteiger partial charge < -0.3 is 5.11 Å². The molecule has 1 aromatic heterocycles. The normalized spacial score (nSPS) is 13.0. The standard InChI is InChI=1S/C14H15NO4S2/c1-9-3-8-13(20-9)10(2)15-21(18,19)12-6-4-11(5-7-12)14(16)17/h3-8,10,15H,1-2H3,(H,16,17). The van der Waals surface area contributed by atoms with E-state index in [0.717, 1.165) is 9.75 Å². The number of aryl methyl sites for hydroxylation is 1. The van der Waals surface area contributed by atoms with Crippen LogP contribution in [-0.2, 0) is 10.0 Å². The highest BCUT2D eigenvalue weighted by molar-refractivity contribution is 7.89. The van der Waals surface area contributed by atoms with E-state index in [1.54, 1.807) is 6.92 Å². The second-order valence-electron chi connectivity index (χ2n) is 4.62. The van der Waals surface area contributed by atoms with Crippen LogP contribution in [0.5, 0.6) is 0 Å². The summed E-state index contributed by atoms with van der Waals surface area (Å²) in [6, 6.07) is 8.62. The summed E-state index contributed by atoms with van der Waals surface area (Å²) in [6.45, 7) is 3.73. The monoisotopic (exact) mass is 325 g/mol. The lowest BCUT2D eigenvalue weighted by Crippen LogP contribution is -2.26. The summed E-state index contributed by atoms with van der Waals surface area (Å²) in [5, 5.41) is 8.81. The topological polar surface area (TPSA) is 83.5 Å². The number of thiophene rings is 1. The predicted octanol–water partition coefficient (Wildman–Crippen LogP) is 2.79. The number of carboxylic acid groups (broad SMARTS) is 1. The molecule has 1 unspecified atom stereocenters. The lowest BCUT2D eigenvalue weighted by molar-refractivity contribution is 0.0696. The Labute approximate surface area is 127 Å². The molecular formula is C14H15NO4S2. The maximum atomic E-state index is 12.2. The van der Waals surface area contributed by atoms with Crippen molar-refractivity contribution in [2.75, 3.05) is 0 Å². The van der Waals surface area contributed by atoms with Crippen LogP contribution in [0.4, 0.5) is 0 Å². The first-order chi connectivity index (χ1) is 9.79. The van der Waals surface area contributed by atoms with Gasteiger partial charge in [0.2, 0.25) is 10.0 Å². The number of sulfonamides is 1. The molecule has 21 heavy (non-hydrogen) atoms. The molecule has 1 aromatic carbocycles. The largest absolute Gasteiger partial charge is 0.478 e. The number of hydrogen-bond donors (Lipinski definition) is 2. The van der Waals surface area contributed by atoms with Crippen molar-refractivity contribution >= 4 is 27.3 Å². The molecule has 0 aliphatic carbocycles. The zero-order valence-electron chi connectivity index (χ0n) is 11.5. The number of carbonyl (C=O) groups is 1. The molecule has 7 heteroatoms. The van der Waals surface area contributed by atoms with E-state index < -0.39 is 16.0 Å². The highest BCUT2D eigenvalue weighted by atomic mass is 32.2. The van der Waals surface area contributed by atoms with Gasteiger partial charge in [-0.1, -0.05) is 0 Å². The molecule has 0 aliphatic heterocycles. The number of aromatic carboxylic acids is 1. The van der Waals surface area contributed by atoms with Crippen LogP contribution >= 0.6 is 11.3 Å². The third kappa shape index (κ3) is 3.69. The van der Waals surface area contributed by atoms with E-state index in [-0.39, 0.29) is 16.5 Å². The van der Waals surface area contributed by atoms with Gasteiger partial charge >= 0.3 is 5.97 Å². The first-order valence-corrected chi connectivity index (χ1v) is 8.51. The van der Waals surface area contributed by atoms with Crippen LogP contribution < -0.4 is 4.72 Å². The Morgan fingerprint density at radius 2 is 1.81 bits per heavy atom. The first kappa shape index (κ1) is 15.7. The summed E-state index contributed by atoms with van der Waals surface area (Å²) in [4.78, 5) is 12.9.